The Balaban J connectivity index is 1.97. The minimum atomic E-state index is -0.162. The summed E-state index contributed by atoms with van der Waals surface area (Å²) in [7, 11) is 0. The van der Waals surface area contributed by atoms with Crippen LogP contribution in [0.15, 0.2) is 29.8 Å². The van der Waals surface area contributed by atoms with E-state index >= 15 is 0 Å². The molecule has 1 aliphatic carbocycles. The molecule has 0 unspecified atom stereocenters. The van der Waals surface area contributed by atoms with Gasteiger partial charge in [0.25, 0.3) is 5.91 Å². The molecule has 0 aromatic heterocycles. The molecule has 1 aromatic rings. The maximum Gasteiger partial charge on any atom is 0.257 e. The van der Waals surface area contributed by atoms with Crippen LogP contribution in [0.5, 0.6) is 5.75 Å². The molecule has 1 aromatic carbocycles. The maximum atomic E-state index is 12.2. The Morgan fingerprint density at radius 1 is 1.45 bits per heavy atom. The fraction of sp³-hybridized carbons (Fsp3) is 0.438. The Kier molecular flexibility index (Phi) is 5.04. The van der Waals surface area contributed by atoms with E-state index in [-0.39, 0.29) is 5.91 Å². The minimum absolute atomic E-state index is 0.162. The van der Waals surface area contributed by atoms with Crippen molar-refractivity contribution in [3.8, 4) is 5.75 Å². The lowest BCUT2D eigenvalue weighted by atomic mass is 10.1. The van der Waals surface area contributed by atoms with Crippen molar-refractivity contribution >= 4 is 11.6 Å². The molecule has 3 N–H and O–H groups in total. The highest BCUT2D eigenvalue weighted by Crippen LogP contribution is 2.24. The van der Waals surface area contributed by atoms with E-state index in [9.17, 15) is 4.79 Å². The fourth-order valence-electron chi connectivity index (χ4n) is 2.46. The number of hydrogen-bond donors (Lipinski definition) is 2. The first-order chi connectivity index (χ1) is 9.72. The summed E-state index contributed by atoms with van der Waals surface area (Å²) in [6, 6.07) is 5.28. The van der Waals surface area contributed by atoms with Gasteiger partial charge < -0.3 is 15.8 Å². The second kappa shape index (κ2) is 6.98. The molecule has 4 nitrogen and oxygen atoms in total. The third kappa shape index (κ3) is 3.53. The molecule has 2 rings (SSSR count). The van der Waals surface area contributed by atoms with Gasteiger partial charge in [-0.1, -0.05) is 17.7 Å². The topological polar surface area (TPSA) is 64.3 Å². The zero-order valence-corrected chi connectivity index (χ0v) is 11.9. The summed E-state index contributed by atoms with van der Waals surface area (Å²) >= 11 is 0. The van der Waals surface area contributed by atoms with E-state index in [1.54, 1.807) is 18.2 Å². The molecule has 4 heteroatoms. The molecule has 1 amide bonds. The first-order valence-electron chi connectivity index (χ1n) is 7.19. The summed E-state index contributed by atoms with van der Waals surface area (Å²) in [4.78, 5) is 12.2. The number of ether oxygens (including phenoxy) is 1. The molecular formula is C16H22N2O2. The monoisotopic (exact) mass is 274 g/mol. The third-order valence-electron chi connectivity index (χ3n) is 3.45. The van der Waals surface area contributed by atoms with Gasteiger partial charge in [-0.25, -0.2) is 0 Å². The number of amides is 1. The minimum Gasteiger partial charge on any atom is -0.493 e. The van der Waals surface area contributed by atoms with E-state index in [0.717, 1.165) is 12.8 Å². The summed E-state index contributed by atoms with van der Waals surface area (Å²) in [5.74, 6) is 0.384. The van der Waals surface area contributed by atoms with Crippen LogP contribution in [-0.2, 0) is 0 Å². The van der Waals surface area contributed by atoms with E-state index in [1.165, 1.54) is 18.4 Å². The van der Waals surface area contributed by atoms with Gasteiger partial charge in [0.05, 0.1) is 6.61 Å². The van der Waals surface area contributed by atoms with Crippen LogP contribution in [0.4, 0.5) is 5.69 Å². The van der Waals surface area contributed by atoms with Crippen LogP contribution >= 0.6 is 0 Å². The van der Waals surface area contributed by atoms with Crippen molar-refractivity contribution in [2.24, 2.45) is 0 Å². The summed E-state index contributed by atoms with van der Waals surface area (Å²) in [6.07, 6.45) is 6.76. The second-order valence-corrected chi connectivity index (χ2v) is 4.91. The van der Waals surface area contributed by atoms with Gasteiger partial charge in [0.2, 0.25) is 0 Å². The lowest BCUT2D eigenvalue weighted by molar-refractivity contribution is 0.0951. The number of nitrogen functional groups attached to an aromatic ring is 1. The molecule has 0 saturated heterocycles. The van der Waals surface area contributed by atoms with Gasteiger partial charge in [-0.05, 0) is 44.7 Å². The van der Waals surface area contributed by atoms with E-state index in [2.05, 4.69) is 11.4 Å². The number of rotatable bonds is 6. The van der Waals surface area contributed by atoms with Crippen LogP contribution in [0.2, 0.25) is 0 Å². The third-order valence-corrected chi connectivity index (χ3v) is 3.45. The number of benzene rings is 1. The number of carbonyl (C=O) groups excluding carboxylic acids is 1. The zero-order valence-electron chi connectivity index (χ0n) is 11.9. The van der Waals surface area contributed by atoms with Crippen molar-refractivity contribution in [3.63, 3.8) is 0 Å². The van der Waals surface area contributed by atoms with E-state index in [1.807, 2.05) is 6.92 Å². The average Bonchev–Trinajstić information content (AvgIpc) is 2.92. The molecule has 0 spiro atoms. The summed E-state index contributed by atoms with van der Waals surface area (Å²) in [6.45, 7) is 3.04. The van der Waals surface area contributed by atoms with Gasteiger partial charge >= 0.3 is 0 Å². The summed E-state index contributed by atoms with van der Waals surface area (Å²) in [5.41, 5.74) is 8.23. The quantitative estimate of drug-likeness (QED) is 0.619. The van der Waals surface area contributed by atoms with Crippen LogP contribution in [0.1, 0.15) is 43.0 Å². The van der Waals surface area contributed by atoms with Crippen LogP contribution in [-0.4, -0.2) is 19.1 Å². The predicted molar refractivity (Wildman–Crippen MR) is 80.9 cm³/mol. The normalized spacial score (nSPS) is 13.9. The molecule has 0 heterocycles. The first-order valence-corrected chi connectivity index (χ1v) is 7.19. The smallest absolute Gasteiger partial charge is 0.257 e. The van der Waals surface area contributed by atoms with Crippen LogP contribution in [0.25, 0.3) is 0 Å². The lowest BCUT2D eigenvalue weighted by Gasteiger charge is -2.12. The molecule has 108 valence electrons. The predicted octanol–water partition coefficient (Wildman–Crippen LogP) is 2.90. The molecule has 0 bridgehead atoms. The van der Waals surface area contributed by atoms with Gasteiger partial charge in [-0.3, -0.25) is 4.79 Å². The Morgan fingerprint density at radius 2 is 2.30 bits per heavy atom. The maximum absolute atomic E-state index is 12.2. The van der Waals surface area contributed by atoms with Gasteiger partial charge in [0, 0.05) is 12.2 Å². The van der Waals surface area contributed by atoms with Crippen molar-refractivity contribution in [1.29, 1.82) is 0 Å². The molecule has 0 atom stereocenters. The molecule has 0 fully saturated rings. The van der Waals surface area contributed by atoms with Gasteiger partial charge in [0.15, 0.2) is 0 Å². The van der Waals surface area contributed by atoms with Crippen molar-refractivity contribution in [2.45, 2.75) is 32.6 Å². The Hall–Kier alpha value is -1.97. The SMILES string of the molecule is CCOc1cccc(N)c1C(=O)NCCC1=CCCC1. The second-order valence-electron chi connectivity index (χ2n) is 4.91. The molecule has 20 heavy (non-hydrogen) atoms. The van der Waals surface area contributed by atoms with Crippen LogP contribution in [0.3, 0.4) is 0 Å². The number of allylic oxidation sites excluding steroid dienone is 1. The molecule has 0 saturated carbocycles. The average molecular weight is 274 g/mol. The van der Waals surface area contributed by atoms with Crippen molar-refractivity contribution in [1.82, 2.24) is 5.32 Å². The summed E-state index contributed by atoms with van der Waals surface area (Å²) < 4.78 is 5.47. The molecular weight excluding hydrogens is 252 g/mol. The van der Waals surface area contributed by atoms with E-state index < -0.39 is 0 Å². The number of nitrogens with one attached hydrogen (secondary N) is 1. The largest absolute Gasteiger partial charge is 0.493 e. The van der Waals surface area contributed by atoms with Crippen LogP contribution < -0.4 is 15.8 Å². The number of hydrogen-bond acceptors (Lipinski definition) is 3. The van der Waals surface area contributed by atoms with Gasteiger partial charge in [-0.15, -0.1) is 0 Å². The van der Waals surface area contributed by atoms with Gasteiger partial charge in [0.1, 0.15) is 11.3 Å². The Bertz CT molecular complexity index is 509. The number of carbonyl (C=O) groups is 1. The number of nitrogens with two attached hydrogens (primary N) is 1. The van der Waals surface area contributed by atoms with Crippen molar-refractivity contribution < 1.29 is 9.53 Å². The number of anilines is 1. The van der Waals surface area contributed by atoms with Crippen molar-refractivity contribution in [2.75, 3.05) is 18.9 Å². The zero-order chi connectivity index (χ0) is 14.4. The fourth-order valence-corrected chi connectivity index (χ4v) is 2.46. The first kappa shape index (κ1) is 14.4. The van der Waals surface area contributed by atoms with Crippen LogP contribution in [0, 0.1) is 0 Å². The summed E-state index contributed by atoms with van der Waals surface area (Å²) in [5, 5.41) is 2.93. The highest BCUT2D eigenvalue weighted by molar-refractivity contribution is 6.01. The standard InChI is InChI=1S/C16H22N2O2/c1-2-20-14-9-5-8-13(17)15(14)16(19)18-11-10-12-6-3-4-7-12/h5-6,8-9H,2-4,7,10-11,17H2,1H3,(H,18,19). The lowest BCUT2D eigenvalue weighted by Crippen LogP contribution is -2.26. The Labute approximate surface area is 120 Å². The Morgan fingerprint density at radius 3 is 3.00 bits per heavy atom. The van der Waals surface area contributed by atoms with E-state index in [0.29, 0.717) is 30.2 Å². The molecule has 0 radical (unpaired) electrons. The molecule has 1 aliphatic rings. The molecule has 0 aliphatic heterocycles. The van der Waals surface area contributed by atoms with E-state index in [4.69, 9.17) is 10.5 Å². The highest BCUT2D eigenvalue weighted by Gasteiger charge is 2.15. The van der Waals surface area contributed by atoms with Gasteiger partial charge in [-0.2, -0.15) is 0 Å². The highest BCUT2D eigenvalue weighted by atomic mass is 16.5. The van der Waals surface area contributed by atoms with Crippen molar-refractivity contribution in [3.05, 3.63) is 35.4 Å².